The molecule has 2 rings (SSSR count). The lowest BCUT2D eigenvalue weighted by atomic mass is 10.2. The van der Waals surface area contributed by atoms with Crippen LogP contribution in [-0.2, 0) is 6.42 Å². The monoisotopic (exact) mass is 329 g/mol. The van der Waals surface area contributed by atoms with Gasteiger partial charge >= 0.3 is 0 Å². The maximum atomic E-state index is 11.4. The zero-order valence-electron chi connectivity index (χ0n) is 13.4. The van der Waals surface area contributed by atoms with Crippen LogP contribution < -0.4 is 4.74 Å². The summed E-state index contributed by atoms with van der Waals surface area (Å²) >= 11 is 1.38. The van der Waals surface area contributed by atoms with Gasteiger partial charge in [0.2, 0.25) is 5.88 Å². The maximum absolute atomic E-state index is 11.4. The second-order valence-corrected chi connectivity index (χ2v) is 5.67. The molecule has 0 bridgehead atoms. The summed E-state index contributed by atoms with van der Waals surface area (Å²) in [6, 6.07) is 0. The number of aryl methyl sites for hydroxylation is 1. The van der Waals surface area contributed by atoms with Crippen LogP contribution in [0.15, 0.2) is 40.9 Å². The van der Waals surface area contributed by atoms with Crippen molar-refractivity contribution in [2.75, 3.05) is 7.11 Å². The van der Waals surface area contributed by atoms with Crippen LogP contribution in [0.2, 0.25) is 0 Å². The number of fused-ring (bicyclic) bond motifs is 1. The van der Waals surface area contributed by atoms with Crippen LogP contribution in [0.1, 0.15) is 29.9 Å². The van der Waals surface area contributed by atoms with Crippen LogP contribution in [0.25, 0.3) is 11.0 Å². The molecule has 0 radical (unpaired) electrons. The minimum Gasteiger partial charge on any atom is -0.480 e. The van der Waals surface area contributed by atoms with E-state index in [1.807, 2.05) is 32.1 Å². The molecular formula is C17H19N3O2S. The number of ether oxygens (including phenoxy) is 1. The van der Waals surface area contributed by atoms with Gasteiger partial charge in [0, 0.05) is 10.6 Å². The average Bonchev–Trinajstić information content (AvgIpc) is 2.95. The van der Waals surface area contributed by atoms with Gasteiger partial charge in [-0.15, -0.1) is 0 Å². The first-order chi connectivity index (χ1) is 11.2. The van der Waals surface area contributed by atoms with Gasteiger partial charge in [-0.25, -0.2) is 4.98 Å². The number of aldehydes is 1. The van der Waals surface area contributed by atoms with E-state index in [9.17, 15) is 4.79 Å². The molecule has 2 heterocycles. The summed E-state index contributed by atoms with van der Waals surface area (Å²) in [6.45, 7) is 7.71. The van der Waals surface area contributed by atoms with E-state index in [0.29, 0.717) is 34.1 Å². The number of hydrogen-bond donors (Lipinski definition) is 1. The van der Waals surface area contributed by atoms with Gasteiger partial charge in [0.05, 0.1) is 18.1 Å². The predicted molar refractivity (Wildman–Crippen MR) is 94.2 cm³/mol. The minimum absolute atomic E-state index is 0.394. The number of rotatable bonds is 7. The molecule has 0 aliphatic heterocycles. The fourth-order valence-corrected chi connectivity index (χ4v) is 2.86. The Morgan fingerprint density at radius 3 is 2.78 bits per heavy atom. The van der Waals surface area contributed by atoms with Crippen molar-refractivity contribution in [3.8, 4) is 5.88 Å². The lowest BCUT2D eigenvalue weighted by Crippen LogP contribution is -1.95. The van der Waals surface area contributed by atoms with Crippen LogP contribution >= 0.6 is 11.8 Å². The number of methoxy groups -OCH3 is 1. The Kier molecular flexibility index (Phi) is 5.76. The Labute approximate surface area is 139 Å². The highest BCUT2D eigenvalue weighted by atomic mass is 32.2. The molecule has 0 saturated carbocycles. The van der Waals surface area contributed by atoms with Gasteiger partial charge in [0.1, 0.15) is 5.65 Å². The van der Waals surface area contributed by atoms with E-state index < -0.39 is 0 Å². The van der Waals surface area contributed by atoms with Crippen molar-refractivity contribution >= 4 is 29.1 Å². The predicted octanol–water partition coefficient (Wildman–Crippen LogP) is 4.08. The first kappa shape index (κ1) is 17.0. The molecule has 0 atom stereocenters. The number of H-pyrrole nitrogens is 1. The fourth-order valence-electron chi connectivity index (χ4n) is 2.16. The van der Waals surface area contributed by atoms with Crippen molar-refractivity contribution in [1.29, 1.82) is 0 Å². The summed E-state index contributed by atoms with van der Waals surface area (Å²) < 4.78 is 5.36. The standard InChI is InChI=1S/C17H19N3O2S/c1-5-8-9-11(6-2)23-17-19-15-14(16(20-17)22-4)12(10-21)13(7-3)18-15/h5-6,8-10H,2,7H2,1,3-4H3,(H,18,19,20)/b8-5-,11-9+. The van der Waals surface area contributed by atoms with Gasteiger partial charge < -0.3 is 9.72 Å². The number of nitrogens with zero attached hydrogens (tertiary/aromatic N) is 2. The lowest BCUT2D eigenvalue weighted by molar-refractivity contribution is 0.112. The molecule has 1 N–H and O–H groups in total. The molecular weight excluding hydrogens is 310 g/mol. The molecule has 2 aromatic rings. The molecule has 0 fully saturated rings. The van der Waals surface area contributed by atoms with Gasteiger partial charge in [-0.1, -0.05) is 31.7 Å². The molecule has 0 saturated heterocycles. The number of aromatic nitrogens is 3. The van der Waals surface area contributed by atoms with Gasteiger partial charge in [-0.05, 0) is 31.2 Å². The first-order valence-corrected chi connectivity index (χ1v) is 8.05. The number of aromatic amines is 1. The molecule has 2 aromatic heterocycles. The molecule has 5 nitrogen and oxygen atoms in total. The quantitative estimate of drug-likeness (QED) is 0.359. The summed E-state index contributed by atoms with van der Waals surface area (Å²) in [7, 11) is 1.54. The van der Waals surface area contributed by atoms with Gasteiger partial charge in [-0.3, -0.25) is 4.79 Å². The number of thioether (sulfide) groups is 1. The zero-order chi connectivity index (χ0) is 16.8. The van der Waals surface area contributed by atoms with Crippen molar-refractivity contribution in [2.45, 2.75) is 25.4 Å². The molecule has 0 amide bonds. The highest BCUT2D eigenvalue weighted by molar-refractivity contribution is 8.03. The molecule has 23 heavy (non-hydrogen) atoms. The Morgan fingerprint density at radius 2 is 2.22 bits per heavy atom. The van der Waals surface area contributed by atoms with Crippen molar-refractivity contribution in [3.05, 3.63) is 47.0 Å². The van der Waals surface area contributed by atoms with Crippen LogP contribution in [0.3, 0.4) is 0 Å². The van der Waals surface area contributed by atoms with E-state index in [0.717, 1.165) is 16.9 Å². The highest BCUT2D eigenvalue weighted by Crippen LogP contribution is 2.32. The van der Waals surface area contributed by atoms with Gasteiger partial charge in [0.15, 0.2) is 11.4 Å². The van der Waals surface area contributed by atoms with Gasteiger partial charge in [-0.2, -0.15) is 4.98 Å². The number of hydrogen-bond acceptors (Lipinski definition) is 5. The fraction of sp³-hybridized carbons (Fsp3) is 0.235. The maximum Gasteiger partial charge on any atom is 0.227 e. The highest BCUT2D eigenvalue weighted by Gasteiger charge is 2.18. The second kappa shape index (κ2) is 7.78. The number of nitrogens with one attached hydrogen (secondary N) is 1. The Hall–Kier alpha value is -2.34. The SMILES string of the molecule is C=C/C(=C\C=C/C)Sc1nc(OC)c2c(C=O)c(CC)[nH]c2n1. The van der Waals surface area contributed by atoms with E-state index in [2.05, 4.69) is 21.5 Å². The molecule has 0 aromatic carbocycles. The molecule has 0 spiro atoms. The first-order valence-electron chi connectivity index (χ1n) is 7.23. The van der Waals surface area contributed by atoms with E-state index in [1.165, 1.54) is 18.9 Å². The van der Waals surface area contributed by atoms with Crippen molar-refractivity contribution in [1.82, 2.24) is 15.0 Å². The van der Waals surface area contributed by atoms with Crippen molar-refractivity contribution in [2.24, 2.45) is 0 Å². The summed E-state index contributed by atoms with van der Waals surface area (Å²) in [6.07, 6.45) is 9.05. The zero-order valence-corrected chi connectivity index (χ0v) is 14.2. The largest absolute Gasteiger partial charge is 0.480 e. The number of allylic oxidation sites excluding steroid dienone is 4. The number of carbonyl (C=O) groups is 1. The molecule has 0 unspecified atom stereocenters. The second-order valence-electron chi connectivity index (χ2n) is 4.63. The molecule has 0 aliphatic rings. The van der Waals surface area contributed by atoms with E-state index in [4.69, 9.17) is 4.74 Å². The van der Waals surface area contributed by atoms with Crippen molar-refractivity contribution in [3.63, 3.8) is 0 Å². The Bertz CT molecular complexity index is 791. The normalized spacial score (nSPS) is 12.0. The van der Waals surface area contributed by atoms with E-state index >= 15 is 0 Å². The average molecular weight is 329 g/mol. The topological polar surface area (TPSA) is 67.9 Å². The van der Waals surface area contributed by atoms with Crippen LogP contribution in [0.5, 0.6) is 5.88 Å². The van der Waals surface area contributed by atoms with Crippen LogP contribution in [0.4, 0.5) is 0 Å². The van der Waals surface area contributed by atoms with Crippen LogP contribution in [0, 0.1) is 0 Å². The third-order valence-corrected chi connectivity index (χ3v) is 4.15. The summed E-state index contributed by atoms with van der Waals surface area (Å²) in [5.41, 5.74) is 2.00. The summed E-state index contributed by atoms with van der Waals surface area (Å²) in [4.78, 5) is 24.4. The lowest BCUT2D eigenvalue weighted by Gasteiger charge is -2.05. The summed E-state index contributed by atoms with van der Waals surface area (Å²) in [5, 5.41) is 1.16. The van der Waals surface area contributed by atoms with E-state index in [1.54, 1.807) is 6.08 Å². The molecule has 6 heteroatoms. The number of carbonyl (C=O) groups excluding carboxylic acids is 1. The third-order valence-electron chi connectivity index (χ3n) is 3.25. The molecule has 0 aliphatic carbocycles. The Balaban J connectivity index is 2.56. The molecule has 120 valence electrons. The third kappa shape index (κ3) is 3.53. The van der Waals surface area contributed by atoms with Crippen molar-refractivity contribution < 1.29 is 9.53 Å². The minimum atomic E-state index is 0.394. The van der Waals surface area contributed by atoms with Crippen LogP contribution in [-0.4, -0.2) is 28.3 Å². The Morgan fingerprint density at radius 1 is 1.43 bits per heavy atom. The smallest absolute Gasteiger partial charge is 0.227 e. The summed E-state index contributed by atoms with van der Waals surface area (Å²) in [5.74, 6) is 0.394. The van der Waals surface area contributed by atoms with Gasteiger partial charge in [0.25, 0.3) is 0 Å². The van der Waals surface area contributed by atoms with E-state index in [-0.39, 0.29) is 0 Å².